The lowest BCUT2D eigenvalue weighted by atomic mass is 10.3. The molecule has 0 amide bonds. The van der Waals surface area contributed by atoms with Gasteiger partial charge in [0.1, 0.15) is 5.03 Å². The second kappa shape index (κ2) is 4.50. The van der Waals surface area contributed by atoms with E-state index in [-0.39, 0.29) is 5.84 Å². The minimum atomic E-state index is 0.0887. The largest absolute Gasteiger partial charge is 0.409 e. The molecule has 2 rings (SSSR count). The standard InChI is InChI=1S/C9H11N3O2S/c10-8(12-13)7-2-1-3-11-9(7)15-6-4-14-5-6/h1-3,6,13H,4-5H2,(H2,10,12). The van der Waals surface area contributed by atoms with Crippen LogP contribution < -0.4 is 5.73 Å². The number of ether oxygens (including phenoxy) is 1. The highest BCUT2D eigenvalue weighted by molar-refractivity contribution is 8.00. The molecule has 0 spiro atoms. The predicted molar refractivity (Wildman–Crippen MR) is 57.2 cm³/mol. The van der Waals surface area contributed by atoms with E-state index in [0.717, 1.165) is 18.2 Å². The van der Waals surface area contributed by atoms with E-state index in [0.29, 0.717) is 10.8 Å². The molecule has 2 heterocycles. The third kappa shape index (κ3) is 2.21. The number of hydrogen-bond acceptors (Lipinski definition) is 5. The van der Waals surface area contributed by atoms with E-state index >= 15 is 0 Å². The first-order chi connectivity index (χ1) is 7.31. The minimum absolute atomic E-state index is 0.0887. The van der Waals surface area contributed by atoms with Crippen LogP contribution >= 0.6 is 11.8 Å². The van der Waals surface area contributed by atoms with Crippen LogP contribution in [0.4, 0.5) is 0 Å². The molecule has 80 valence electrons. The van der Waals surface area contributed by atoms with Crippen LogP contribution in [0.3, 0.4) is 0 Å². The zero-order valence-electron chi connectivity index (χ0n) is 7.96. The highest BCUT2D eigenvalue weighted by atomic mass is 32.2. The first kappa shape index (κ1) is 10.3. The molecule has 0 unspecified atom stereocenters. The van der Waals surface area contributed by atoms with Gasteiger partial charge in [0.05, 0.1) is 24.0 Å². The van der Waals surface area contributed by atoms with Gasteiger partial charge < -0.3 is 15.7 Å². The molecule has 3 N–H and O–H groups in total. The Balaban J connectivity index is 2.20. The molecule has 1 saturated heterocycles. The topological polar surface area (TPSA) is 80.7 Å². The maximum Gasteiger partial charge on any atom is 0.172 e. The summed E-state index contributed by atoms with van der Waals surface area (Å²) in [5.41, 5.74) is 6.21. The smallest absolute Gasteiger partial charge is 0.172 e. The van der Waals surface area contributed by atoms with Gasteiger partial charge in [-0.1, -0.05) is 16.9 Å². The van der Waals surface area contributed by atoms with Gasteiger partial charge in [-0.3, -0.25) is 0 Å². The van der Waals surface area contributed by atoms with E-state index in [1.165, 1.54) is 0 Å². The fourth-order valence-electron chi connectivity index (χ4n) is 1.17. The van der Waals surface area contributed by atoms with Crippen LogP contribution in [0, 0.1) is 0 Å². The van der Waals surface area contributed by atoms with Crippen LogP contribution in [0.2, 0.25) is 0 Å². The second-order valence-electron chi connectivity index (χ2n) is 3.12. The molecular weight excluding hydrogens is 214 g/mol. The number of nitrogens with zero attached hydrogens (tertiary/aromatic N) is 2. The molecular formula is C9H11N3O2S. The average molecular weight is 225 g/mol. The summed E-state index contributed by atoms with van der Waals surface area (Å²) in [6.45, 7) is 1.47. The van der Waals surface area contributed by atoms with Gasteiger partial charge in [0.25, 0.3) is 0 Å². The SMILES string of the molecule is NC(=NO)c1cccnc1SC1COC1. The maximum atomic E-state index is 8.62. The lowest BCUT2D eigenvalue weighted by Crippen LogP contribution is -2.30. The summed E-state index contributed by atoms with van der Waals surface area (Å²) in [4.78, 5) is 4.20. The molecule has 15 heavy (non-hydrogen) atoms. The van der Waals surface area contributed by atoms with Gasteiger partial charge in [0.15, 0.2) is 5.84 Å². The highest BCUT2D eigenvalue weighted by Crippen LogP contribution is 2.28. The molecule has 0 aliphatic carbocycles. The Labute approximate surface area is 91.3 Å². The molecule has 1 fully saturated rings. The van der Waals surface area contributed by atoms with Crippen LogP contribution in [0.25, 0.3) is 0 Å². The third-order valence-corrected chi connectivity index (χ3v) is 3.19. The quantitative estimate of drug-likeness (QED) is 0.342. The number of hydrogen-bond donors (Lipinski definition) is 2. The highest BCUT2D eigenvalue weighted by Gasteiger charge is 2.22. The Hall–Kier alpha value is -1.27. The first-order valence-electron chi connectivity index (χ1n) is 4.48. The van der Waals surface area contributed by atoms with Crippen molar-refractivity contribution in [2.75, 3.05) is 13.2 Å². The van der Waals surface area contributed by atoms with Gasteiger partial charge in [0.2, 0.25) is 0 Å². The molecule has 1 aromatic rings. The van der Waals surface area contributed by atoms with Crippen molar-refractivity contribution >= 4 is 17.6 Å². The van der Waals surface area contributed by atoms with Gasteiger partial charge in [-0.15, -0.1) is 0 Å². The maximum absolute atomic E-state index is 8.62. The first-order valence-corrected chi connectivity index (χ1v) is 5.36. The number of aromatic nitrogens is 1. The minimum Gasteiger partial charge on any atom is -0.409 e. The Morgan fingerprint density at radius 2 is 2.47 bits per heavy atom. The zero-order valence-corrected chi connectivity index (χ0v) is 8.78. The van der Waals surface area contributed by atoms with Gasteiger partial charge in [-0.2, -0.15) is 0 Å². The molecule has 0 aromatic carbocycles. The molecule has 5 nitrogen and oxygen atoms in total. The van der Waals surface area contributed by atoms with Crippen molar-refractivity contribution in [2.24, 2.45) is 10.9 Å². The van der Waals surface area contributed by atoms with E-state index in [9.17, 15) is 0 Å². The normalized spacial score (nSPS) is 17.5. The average Bonchev–Trinajstić information content (AvgIpc) is 2.23. The van der Waals surface area contributed by atoms with E-state index in [1.54, 1.807) is 30.1 Å². The lowest BCUT2D eigenvalue weighted by molar-refractivity contribution is 0.0454. The number of nitrogens with two attached hydrogens (primary N) is 1. The van der Waals surface area contributed by atoms with Crippen molar-refractivity contribution < 1.29 is 9.94 Å². The summed E-state index contributed by atoms with van der Waals surface area (Å²) >= 11 is 1.59. The zero-order chi connectivity index (χ0) is 10.7. The number of thioether (sulfide) groups is 1. The summed E-state index contributed by atoms with van der Waals surface area (Å²) in [7, 11) is 0. The molecule has 0 atom stereocenters. The van der Waals surface area contributed by atoms with Gasteiger partial charge >= 0.3 is 0 Å². The van der Waals surface area contributed by atoms with Crippen molar-refractivity contribution in [3.8, 4) is 0 Å². The van der Waals surface area contributed by atoms with E-state index in [1.807, 2.05) is 0 Å². The summed E-state index contributed by atoms with van der Waals surface area (Å²) in [5.74, 6) is 0.0887. The molecule has 0 saturated carbocycles. The number of rotatable bonds is 3. The Bertz CT molecular complexity index is 379. The Kier molecular flexibility index (Phi) is 3.08. The van der Waals surface area contributed by atoms with Crippen LogP contribution in [0.1, 0.15) is 5.56 Å². The Morgan fingerprint density at radius 1 is 1.67 bits per heavy atom. The van der Waals surface area contributed by atoms with Crippen molar-refractivity contribution in [1.29, 1.82) is 0 Å². The van der Waals surface area contributed by atoms with E-state index in [2.05, 4.69) is 10.1 Å². The van der Waals surface area contributed by atoms with Crippen LogP contribution in [-0.4, -0.2) is 34.5 Å². The summed E-state index contributed by atoms with van der Waals surface area (Å²) in [5, 5.41) is 12.8. The number of pyridine rings is 1. The third-order valence-electron chi connectivity index (χ3n) is 2.04. The summed E-state index contributed by atoms with van der Waals surface area (Å²) < 4.78 is 5.07. The molecule has 1 aromatic heterocycles. The van der Waals surface area contributed by atoms with Crippen molar-refractivity contribution in [3.05, 3.63) is 23.9 Å². The second-order valence-corrected chi connectivity index (χ2v) is 4.41. The molecule has 0 bridgehead atoms. The van der Waals surface area contributed by atoms with E-state index in [4.69, 9.17) is 15.7 Å². The summed E-state index contributed by atoms with van der Waals surface area (Å²) in [6, 6.07) is 3.54. The van der Waals surface area contributed by atoms with Gasteiger partial charge in [0, 0.05) is 6.20 Å². The van der Waals surface area contributed by atoms with Crippen molar-refractivity contribution in [1.82, 2.24) is 4.98 Å². The molecule has 1 aliphatic heterocycles. The number of amidine groups is 1. The van der Waals surface area contributed by atoms with Crippen LogP contribution in [0.5, 0.6) is 0 Å². The van der Waals surface area contributed by atoms with Crippen molar-refractivity contribution in [3.63, 3.8) is 0 Å². The number of oxime groups is 1. The molecule has 6 heteroatoms. The fourth-order valence-corrected chi connectivity index (χ4v) is 2.24. The van der Waals surface area contributed by atoms with Crippen molar-refractivity contribution in [2.45, 2.75) is 10.3 Å². The lowest BCUT2D eigenvalue weighted by Gasteiger charge is -2.25. The van der Waals surface area contributed by atoms with Crippen LogP contribution in [-0.2, 0) is 4.74 Å². The molecule has 0 radical (unpaired) electrons. The molecule has 1 aliphatic rings. The van der Waals surface area contributed by atoms with E-state index < -0.39 is 0 Å². The van der Waals surface area contributed by atoms with Gasteiger partial charge in [-0.25, -0.2) is 4.98 Å². The Morgan fingerprint density at radius 3 is 3.07 bits per heavy atom. The van der Waals surface area contributed by atoms with Gasteiger partial charge in [-0.05, 0) is 12.1 Å². The monoisotopic (exact) mass is 225 g/mol. The predicted octanol–water partition coefficient (Wildman–Crippen LogP) is 0.667. The summed E-state index contributed by atoms with van der Waals surface area (Å²) in [6.07, 6.45) is 1.69. The fraction of sp³-hybridized carbons (Fsp3) is 0.333. The van der Waals surface area contributed by atoms with Crippen LogP contribution in [0.15, 0.2) is 28.5 Å².